The Kier molecular flexibility index (Phi) is 3.54. The number of benzene rings is 1. The Morgan fingerprint density at radius 2 is 2.31 bits per heavy atom. The van der Waals surface area contributed by atoms with E-state index < -0.39 is 0 Å². The fourth-order valence-corrected chi connectivity index (χ4v) is 1.27. The molecule has 0 radical (unpaired) electrons. The first-order chi connectivity index (χ1) is 6.15. The van der Waals surface area contributed by atoms with E-state index in [1.165, 1.54) is 6.07 Å². The lowest BCUT2D eigenvalue weighted by atomic mass is 10.1. The van der Waals surface area contributed by atoms with Gasteiger partial charge in [-0.3, -0.25) is 0 Å². The monoisotopic (exact) mass is 201 g/mol. The third kappa shape index (κ3) is 2.59. The van der Waals surface area contributed by atoms with Crippen LogP contribution in [0.5, 0.6) is 5.75 Å². The molecule has 13 heavy (non-hydrogen) atoms. The van der Waals surface area contributed by atoms with Crippen LogP contribution in [-0.4, -0.2) is 18.8 Å². The van der Waals surface area contributed by atoms with Gasteiger partial charge in [-0.25, -0.2) is 0 Å². The topological polar surface area (TPSA) is 55.5 Å². The summed E-state index contributed by atoms with van der Waals surface area (Å²) in [5.74, 6) is 0.108. The molecule has 0 aliphatic rings. The molecule has 72 valence electrons. The molecule has 4 heteroatoms. The number of methoxy groups -OCH3 is 1. The Morgan fingerprint density at radius 1 is 1.62 bits per heavy atom. The average Bonchev–Trinajstić information content (AvgIpc) is 2.04. The summed E-state index contributed by atoms with van der Waals surface area (Å²) in [6, 6.07) is 4.53. The highest BCUT2D eigenvalue weighted by atomic mass is 35.5. The second-order valence-corrected chi connectivity index (χ2v) is 3.20. The normalized spacial score (nSPS) is 12.8. The van der Waals surface area contributed by atoms with E-state index in [-0.39, 0.29) is 11.8 Å². The predicted octanol–water partition coefficient (Wildman–Crippen LogP) is 1.69. The molecule has 0 aliphatic carbocycles. The van der Waals surface area contributed by atoms with Crippen LogP contribution >= 0.6 is 11.6 Å². The molecule has 1 atom stereocenters. The van der Waals surface area contributed by atoms with Crippen molar-refractivity contribution in [3.63, 3.8) is 0 Å². The van der Waals surface area contributed by atoms with Gasteiger partial charge in [0.05, 0.1) is 12.6 Å². The van der Waals surface area contributed by atoms with Crippen molar-refractivity contribution >= 4 is 11.6 Å². The number of rotatable bonds is 3. The second-order valence-electron chi connectivity index (χ2n) is 2.76. The van der Waals surface area contributed by atoms with E-state index >= 15 is 0 Å². The van der Waals surface area contributed by atoms with Gasteiger partial charge in [0.15, 0.2) is 0 Å². The smallest absolute Gasteiger partial charge is 0.121 e. The van der Waals surface area contributed by atoms with Crippen LogP contribution < -0.4 is 5.73 Å². The van der Waals surface area contributed by atoms with Gasteiger partial charge in [-0.2, -0.15) is 0 Å². The minimum Gasteiger partial charge on any atom is -0.508 e. The number of phenols is 1. The predicted molar refractivity (Wildman–Crippen MR) is 51.9 cm³/mol. The number of halogens is 1. The third-order valence-corrected chi connectivity index (χ3v) is 1.97. The van der Waals surface area contributed by atoms with Crippen molar-refractivity contribution in [2.45, 2.75) is 6.04 Å². The van der Waals surface area contributed by atoms with Crippen molar-refractivity contribution in [3.8, 4) is 5.75 Å². The molecule has 3 nitrogen and oxygen atoms in total. The van der Waals surface area contributed by atoms with Gasteiger partial charge in [-0.05, 0) is 12.1 Å². The molecule has 3 N–H and O–H groups in total. The van der Waals surface area contributed by atoms with Crippen LogP contribution in [-0.2, 0) is 4.74 Å². The van der Waals surface area contributed by atoms with Crippen molar-refractivity contribution in [2.75, 3.05) is 13.7 Å². The summed E-state index contributed by atoms with van der Waals surface area (Å²) in [5, 5.41) is 9.96. The van der Waals surface area contributed by atoms with Crippen molar-refractivity contribution in [3.05, 3.63) is 28.8 Å². The number of hydrogen-bond donors (Lipinski definition) is 2. The van der Waals surface area contributed by atoms with Gasteiger partial charge in [0, 0.05) is 17.7 Å². The van der Waals surface area contributed by atoms with Crippen molar-refractivity contribution in [1.82, 2.24) is 0 Å². The summed E-state index contributed by atoms with van der Waals surface area (Å²) in [6.07, 6.45) is 0. The fourth-order valence-electron chi connectivity index (χ4n) is 1.10. The van der Waals surface area contributed by atoms with E-state index in [0.717, 1.165) is 0 Å². The van der Waals surface area contributed by atoms with Gasteiger partial charge in [0.25, 0.3) is 0 Å². The maximum absolute atomic E-state index is 9.47. The van der Waals surface area contributed by atoms with Gasteiger partial charge < -0.3 is 15.6 Å². The zero-order valence-electron chi connectivity index (χ0n) is 7.33. The zero-order valence-corrected chi connectivity index (χ0v) is 8.08. The van der Waals surface area contributed by atoms with Crippen molar-refractivity contribution in [2.24, 2.45) is 5.73 Å². The SMILES string of the molecule is COC[C@@H](N)c1ccc(Cl)cc1O. The highest BCUT2D eigenvalue weighted by molar-refractivity contribution is 6.30. The van der Waals surface area contributed by atoms with Crippen LogP contribution in [0.25, 0.3) is 0 Å². The van der Waals surface area contributed by atoms with Gasteiger partial charge in [0.2, 0.25) is 0 Å². The van der Waals surface area contributed by atoms with Crippen LogP contribution in [0.4, 0.5) is 0 Å². The lowest BCUT2D eigenvalue weighted by Crippen LogP contribution is -2.16. The average molecular weight is 202 g/mol. The maximum atomic E-state index is 9.47. The van der Waals surface area contributed by atoms with Crippen LogP contribution in [0.3, 0.4) is 0 Å². The van der Waals surface area contributed by atoms with E-state index in [0.29, 0.717) is 17.2 Å². The lowest BCUT2D eigenvalue weighted by molar-refractivity contribution is 0.180. The Balaban J connectivity index is 2.88. The molecular weight excluding hydrogens is 190 g/mol. The first kappa shape index (κ1) is 10.3. The number of hydrogen-bond acceptors (Lipinski definition) is 3. The molecular formula is C9H12ClNO2. The Bertz CT molecular complexity index is 291. The van der Waals surface area contributed by atoms with Crippen molar-refractivity contribution < 1.29 is 9.84 Å². The summed E-state index contributed by atoms with van der Waals surface area (Å²) < 4.78 is 4.87. The minimum atomic E-state index is -0.317. The Hall–Kier alpha value is -0.770. The molecule has 0 aromatic heterocycles. The van der Waals surface area contributed by atoms with Gasteiger partial charge in [-0.1, -0.05) is 17.7 Å². The van der Waals surface area contributed by atoms with Gasteiger partial charge in [0.1, 0.15) is 5.75 Å². The number of nitrogens with two attached hydrogens (primary N) is 1. The summed E-state index contributed by atoms with van der Waals surface area (Å²) in [6.45, 7) is 0.370. The second kappa shape index (κ2) is 4.46. The molecule has 0 bridgehead atoms. The lowest BCUT2D eigenvalue weighted by Gasteiger charge is -2.12. The maximum Gasteiger partial charge on any atom is 0.121 e. The van der Waals surface area contributed by atoms with E-state index in [9.17, 15) is 5.11 Å². The molecule has 0 unspecified atom stereocenters. The summed E-state index contributed by atoms with van der Waals surface area (Å²) >= 11 is 5.67. The Labute approximate surface area is 82.1 Å². The van der Waals surface area contributed by atoms with E-state index in [2.05, 4.69) is 0 Å². The Morgan fingerprint density at radius 3 is 2.85 bits per heavy atom. The highest BCUT2D eigenvalue weighted by Gasteiger charge is 2.10. The van der Waals surface area contributed by atoms with Crippen LogP contribution in [0, 0.1) is 0 Å². The zero-order chi connectivity index (χ0) is 9.84. The molecule has 0 fully saturated rings. The number of aromatic hydroxyl groups is 1. The minimum absolute atomic E-state index is 0.108. The molecule has 0 amide bonds. The summed E-state index contributed by atoms with van der Waals surface area (Å²) in [7, 11) is 1.56. The van der Waals surface area contributed by atoms with E-state index in [1.54, 1.807) is 19.2 Å². The molecule has 0 heterocycles. The van der Waals surface area contributed by atoms with Gasteiger partial charge >= 0.3 is 0 Å². The summed E-state index contributed by atoms with van der Waals surface area (Å²) in [4.78, 5) is 0. The van der Waals surface area contributed by atoms with Crippen molar-refractivity contribution in [1.29, 1.82) is 0 Å². The fraction of sp³-hybridized carbons (Fsp3) is 0.333. The molecule has 0 saturated carbocycles. The molecule has 1 aromatic carbocycles. The third-order valence-electron chi connectivity index (χ3n) is 1.74. The van der Waals surface area contributed by atoms with Gasteiger partial charge in [-0.15, -0.1) is 0 Å². The molecule has 0 saturated heterocycles. The quantitative estimate of drug-likeness (QED) is 0.783. The van der Waals surface area contributed by atoms with E-state index in [4.69, 9.17) is 22.1 Å². The largest absolute Gasteiger partial charge is 0.508 e. The standard InChI is InChI=1S/C9H12ClNO2/c1-13-5-8(11)7-3-2-6(10)4-9(7)12/h2-4,8,12H,5,11H2,1H3/t8-/m1/s1. The first-order valence-electron chi connectivity index (χ1n) is 3.88. The molecule has 0 aliphatic heterocycles. The molecule has 0 spiro atoms. The van der Waals surface area contributed by atoms with E-state index in [1.807, 2.05) is 0 Å². The van der Waals surface area contributed by atoms with Crippen LogP contribution in [0.2, 0.25) is 5.02 Å². The number of ether oxygens (including phenoxy) is 1. The number of phenolic OH excluding ortho intramolecular Hbond substituents is 1. The van der Waals surface area contributed by atoms with Crippen LogP contribution in [0.15, 0.2) is 18.2 Å². The molecule has 1 rings (SSSR count). The molecule has 1 aromatic rings. The van der Waals surface area contributed by atoms with Crippen LogP contribution in [0.1, 0.15) is 11.6 Å². The summed E-state index contributed by atoms with van der Waals surface area (Å²) in [5.41, 5.74) is 6.37. The highest BCUT2D eigenvalue weighted by Crippen LogP contribution is 2.26. The first-order valence-corrected chi connectivity index (χ1v) is 4.26.